The number of rotatable bonds is 4. The zero-order valence-corrected chi connectivity index (χ0v) is 19.8. The average Bonchev–Trinajstić information content (AvgIpc) is 3.45. The lowest BCUT2D eigenvalue weighted by atomic mass is 10.0. The maximum Gasteiger partial charge on any atom is 0.161 e. The molecule has 0 radical (unpaired) electrons. The van der Waals surface area contributed by atoms with Gasteiger partial charge in [-0.2, -0.15) is 5.10 Å². The number of aromatic amines is 1. The first kappa shape index (κ1) is 21.1. The van der Waals surface area contributed by atoms with Gasteiger partial charge < -0.3 is 19.6 Å². The Morgan fingerprint density at radius 2 is 1.91 bits per heavy atom. The van der Waals surface area contributed by atoms with Crippen LogP contribution in [-0.2, 0) is 7.05 Å². The highest BCUT2D eigenvalue weighted by Crippen LogP contribution is 2.41. The van der Waals surface area contributed by atoms with Gasteiger partial charge in [0.25, 0.3) is 0 Å². The third-order valence-electron chi connectivity index (χ3n) is 6.24. The highest BCUT2D eigenvalue weighted by Gasteiger charge is 2.21. The number of hydrogen-bond donors (Lipinski definition) is 2. The molecule has 6 rings (SSSR count). The maximum atomic E-state index is 14.4. The van der Waals surface area contributed by atoms with Crippen LogP contribution in [0.4, 0.5) is 16.0 Å². The van der Waals surface area contributed by atoms with Crippen LogP contribution in [0.2, 0.25) is 0 Å². The van der Waals surface area contributed by atoms with Gasteiger partial charge in [-0.25, -0.2) is 14.4 Å². The molecule has 2 aromatic carbocycles. The van der Waals surface area contributed by atoms with Crippen LogP contribution in [0.15, 0.2) is 34.9 Å². The Labute approximate surface area is 198 Å². The summed E-state index contributed by atoms with van der Waals surface area (Å²) in [4.78, 5) is 12.7. The van der Waals surface area contributed by atoms with Crippen LogP contribution in [-0.4, -0.2) is 37.0 Å². The zero-order chi connectivity index (χ0) is 24.4. The normalized spacial score (nSPS) is 11.7. The minimum Gasteiger partial charge on any atom is -0.496 e. The molecule has 0 aliphatic rings. The second-order valence-electron chi connectivity index (χ2n) is 8.50. The summed E-state index contributed by atoms with van der Waals surface area (Å²) in [5, 5.41) is 14.2. The molecule has 4 heterocycles. The second kappa shape index (κ2) is 7.52. The molecular formula is C25H22FN7O2. The van der Waals surface area contributed by atoms with Crippen LogP contribution in [0.25, 0.3) is 44.0 Å². The van der Waals surface area contributed by atoms with Gasteiger partial charge >= 0.3 is 0 Å². The number of methoxy groups -OCH3 is 1. The SMILES string of the molecule is COc1cc2c(cc1-c1c(C)noc1C)[nH]c1nc(C)nc(Nc3nn(C)c4c(F)cccc34)c12. The van der Waals surface area contributed by atoms with E-state index in [1.807, 2.05) is 39.0 Å². The highest BCUT2D eigenvalue weighted by atomic mass is 19.1. The van der Waals surface area contributed by atoms with E-state index in [-0.39, 0.29) is 5.82 Å². The third-order valence-corrected chi connectivity index (χ3v) is 6.24. The standard InChI is InChI=1S/C25H22FN7O2/c1-11-20(12(2)35-32-11)16-9-18-15(10-19(16)34-5)21-24(29-18)27-13(3)28-25(21)30-23-14-7-6-8-17(26)22(14)33(4)31-23/h6-10H,1-5H3,(H2,27,28,29,30,31). The number of aryl methyl sites for hydroxylation is 4. The van der Waals surface area contributed by atoms with Crippen molar-refractivity contribution < 1.29 is 13.7 Å². The summed E-state index contributed by atoms with van der Waals surface area (Å²) in [5.74, 6) is 2.70. The first-order chi connectivity index (χ1) is 16.9. The van der Waals surface area contributed by atoms with Crippen molar-refractivity contribution in [1.82, 2.24) is 29.9 Å². The number of ether oxygens (including phenoxy) is 1. The Morgan fingerprint density at radius 3 is 2.66 bits per heavy atom. The summed E-state index contributed by atoms with van der Waals surface area (Å²) in [5.41, 5.74) is 4.48. The number of H-pyrrole nitrogens is 1. The quantitative estimate of drug-likeness (QED) is 0.351. The summed E-state index contributed by atoms with van der Waals surface area (Å²) in [7, 11) is 3.34. The molecule has 176 valence electrons. The van der Waals surface area contributed by atoms with Gasteiger partial charge in [-0.05, 0) is 45.0 Å². The Bertz CT molecular complexity index is 1760. The van der Waals surface area contributed by atoms with Crippen molar-refractivity contribution in [3.63, 3.8) is 0 Å². The van der Waals surface area contributed by atoms with Crippen LogP contribution < -0.4 is 10.1 Å². The first-order valence-corrected chi connectivity index (χ1v) is 11.0. The molecule has 0 spiro atoms. The van der Waals surface area contributed by atoms with Crippen molar-refractivity contribution >= 4 is 44.5 Å². The van der Waals surface area contributed by atoms with Gasteiger partial charge in [-0.3, -0.25) is 4.68 Å². The number of nitrogens with one attached hydrogen (secondary N) is 2. The van der Waals surface area contributed by atoms with E-state index in [1.165, 1.54) is 10.7 Å². The van der Waals surface area contributed by atoms with Crippen LogP contribution in [0, 0.1) is 26.6 Å². The lowest BCUT2D eigenvalue weighted by molar-refractivity contribution is 0.393. The minimum atomic E-state index is -0.335. The lowest BCUT2D eigenvalue weighted by Gasteiger charge is -2.10. The number of fused-ring (bicyclic) bond motifs is 4. The molecule has 0 saturated carbocycles. The summed E-state index contributed by atoms with van der Waals surface area (Å²) < 4.78 is 27.1. The second-order valence-corrected chi connectivity index (χ2v) is 8.50. The van der Waals surface area contributed by atoms with Crippen molar-refractivity contribution in [3.05, 3.63) is 53.4 Å². The number of para-hydroxylation sites is 1. The van der Waals surface area contributed by atoms with Crippen LogP contribution in [0.3, 0.4) is 0 Å². The number of aromatic nitrogens is 6. The Morgan fingerprint density at radius 1 is 1.09 bits per heavy atom. The van der Waals surface area contributed by atoms with E-state index in [4.69, 9.17) is 9.26 Å². The molecule has 0 aliphatic carbocycles. The summed E-state index contributed by atoms with van der Waals surface area (Å²) >= 11 is 0. The minimum absolute atomic E-state index is 0.335. The first-order valence-electron chi connectivity index (χ1n) is 11.0. The van der Waals surface area contributed by atoms with E-state index in [0.717, 1.165) is 33.1 Å². The van der Waals surface area contributed by atoms with Crippen molar-refractivity contribution in [1.29, 1.82) is 0 Å². The molecule has 0 bridgehead atoms. The summed E-state index contributed by atoms with van der Waals surface area (Å²) in [6.07, 6.45) is 0. The fourth-order valence-corrected chi connectivity index (χ4v) is 4.75. The molecule has 0 amide bonds. The van der Waals surface area contributed by atoms with Gasteiger partial charge in [-0.15, -0.1) is 0 Å². The van der Waals surface area contributed by atoms with Crippen molar-refractivity contribution in [2.45, 2.75) is 20.8 Å². The monoisotopic (exact) mass is 471 g/mol. The molecule has 35 heavy (non-hydrogen) atoms. The number of anilines is 2. The van der Waals surface area contributed by atoms with E-state index in [1.54, 1.807) is 20.2 Å². The number of benzene rings is 2. The summed E-state index contributed by atoms with van der Waals surface area (Å²) in [6.45, 7) is 5.60. The molecule has 4 aromatic heterocycles. The van der Waals surface area contributed by atoms with Crippen LogP contribution >= 0.6 is 0 Å². The predicted octanol–water partition coefficient (Wildman–Crippen LogP) is 5.47. The van der Waals surface area contributed by atoms with Crippen LogP contribution in [0.1, 0.15) is 17.3 Å². The van der Waals surface area contributed by atoms with Gasteiger partial charge in [0.15, 0.2) is 5.82 Å². The maximum absolute atomic E-state index is 14.4. The third kappa shape index (κ3) is 3.13. The molecule has 2 N–H and O–H groups in total. The largest absolute Gasteiger partial charge is 0.496 e. The number of halogens is 1. The molecule has 10 heteroatoms. The topological polar surface area (TPSA) is 107 Å². The molecule has 0 aliphatic heterocycles. The number of hydrogen-bond acceptors (Lipinski definition) is 7. The van der Waals surface area contributed by atoms with Crippen molar-refractivity contribution in [3.8, 4) is 16.9 Å². The zero-order valence-electron chi connectivity index (χ0n) is 19.8. The van der Waals surface area contributed by atoms with Gasteiger partial charge in [0.2, 0.25) is 0 Å². The van der Waals surface area contributed by atoms with Gasteiger partial charge in [0.1, 0.15) is 40.1 Å². The summed E-state index contributed by atoms with van der Waals surface area (Å²) in [6, 6.07) is 8.87. The van der Waals surface area contributed by atoms with Gasteiger partial charge in [0, 0.05) is 28.9 Å². The van der Waals surface area contributed by atoms with Crippen molar-refractivity contribution in [2.75, 3.05) is 12.4 Å². The van der Waals surface area contributed by atoms with Gasteiger partial charge in [-0.1, -0.05) is 11.2 Å². The van der Waals surface area contributed by atoms with Crippen LogP contribution in [0.5, 0.6) is 5.75 Å². The predicted molar refractivity (Wildman–Crippen MR) is 132 cm³/mol. The van der Waals surface area contributed by atoms with E-state index < -0.39 is 0 Å². The highest BCUT2D eigenvalue weighted by molar-refractivity contribution is 6.13. The smallest absolute Gasteiger partial charge is 0.161 e. The van der Waals surface area contributed by atoms with Crippen molar-refractivity contribution in [2.24, 2.45) is 7.05 Å². The molecule has 0 unspecified atom stereocenters. The molecule has 9 nitrogen and oxygen atoms in total. The lowest BCUT2D eigenvalue weighted by Crippen LogP contribution is -2.00. The molecule has 0 fully saturated rings. The van der Waals surface area contributed by atoms with E-state index in [0.29, 0.717) is 45.5 Å². The van der Waals surface area contributed by atoms with E-state index in [9.17, 15) is 4.39 Å². The Kier molecular flexibility index (Phi) is 4.53. The Balaban J connectivity index is 1.59. The molecular weight excluding hydrogens is 449 g/mol. The average molecular weight is 471 g/mol. The molecule has 0 atom stereocenters. The van der Waals surface area contributed by atoms with E-state index in [2.05, 4.69) is 30.5 Å². The Hall–Kier alpha value is -4.47. The van der Waals surface area contributed by atoms with E-state index >= 15 is 0 Å². The van der Waals surface area contributed by atoms with Gasteiger partial charge in [0.05, 0.1) is 23.8 Å². The number of nitrogens with zero attached hydrogens (tertiary/aromatic N) is 5. The molecule has 6 aromatic rings. The fourth-order valence-electron chi connectivity index (χ4n) is 4.75. The fraction of sp³-hybridized carbons (Fsp3) is 0.200. The molecule has 0 saturated heterocycles.